The van der Waals surface area contributed by atoms with Crippen LogP contribution >= 0.6 is 0 Å². The van der Waals surface area contributed by atoms with Gasteiger partial charge in [0.05, 0.1) is 6.54 Å². The van der Waals surface area contributed by atoms with Crippen LogP contribution in [0.5, 0.6) is 0 Å². The Hall–Kier alpha value is -1.59. The summed E-state index contributed by atoms with van der Waals surface area (Å²) in [6, 6.07) is 0. The predicted molar refractivity (Wildman–Crippen MR) is 36.1 cm³/mol. The number of aromatic nitrogens is 2. The van der Waals surface area contributed by atoms with Crippen molar-refractivity contribution < 1.29 is 9.37 Å². The average molecular weight is 154 g/mol. The molecule has 0 aliphatic carbocycles. The lowest BCUT2D eigenvalue weighted by Crippen LogP contribution is -2.04. The molecule has 2 heterocycles. The fourth-order valence-electron chi connectivity index (χ4n) is 0.822. The van der Waals surface area contributed by atoms with E-state index in [1.165, 1.54) is 0 Å². The number of nitrogens with two attached hydrogens (primary N) is 1. The summed E-state index contributed by atoms with van der Waals surface area (Å²) in [5, 5.41) is 6.92. The molecule has 2 rings (SSSR count). The van der Waals surface area contributed by atoms with E-state index >= 15 is 0 Å². The van der Waals surface area contributed by atoms with Crippen molar-refractivity contribution in [2.75, 3.05) is 18.9 Å². The molecule has 1 aliphatic heterocycles. The number of rotatable bonds is 1. The molecular weight excluding hydrogens is 148 g/mol. The highest BCUT2D eigenvalue weighted by molar-refractivity contribution is 5.96. The summed E-state index contributed by atoms with van der Waals surface area (Å²) in [7, 11) is 0. The molecule has 6 nitrogen and oxygen atoms in total. The average Bonchev–Trinajstić information content (AvgIpc) is 2.55. The third-order valence-corrected chi connectivity index (χ3v) is 1.30. The fourth-order valence-corrected chi connectivity index (χ4v) is 0.822. The molecule has 58 valence electrons. The van der Waals surface area contributed by atoms with Gasteiger partial charge in [0.2, 0.25) is 17.4 Å². The van der Waals surface area contributed by atoms with E-state index in [4.69, 9.17) is 10.5 Å². The number of nitrogen functional groups attached to an aromatic ring is 1. The van der Waals surface area contributed by atoms with E-state index in [-0.39, 0.29) is 5.82 Å². The van der Waals surface area contributed by atoms with Crippen LogP contribution in [0.3, 0.4) is 0 Å². The van der Waals surface area contributed by atoms with Gasteiger partial charge >= 0.3 is 0 Å². The summed E-state index contributed by atoms with van der Waals surface area (Å²) in [6.07, 6.45) is 0. The summed E-state index contributed by atoms with van der Waals surface area (Å²) < 4.78 is 9.46. The highest BCUT2D eigenvalue weighted by Crippen LogP contribution is 2.09. The van der Waals surface area contributed by atoms with E-state index in [2.05, 4.69) is 19.9 Å². The number of ether oxygens (including phenoxy) is 1. The summed E-state index contributed by atoms with van der Waals surface area (Å²) >= 11 is 0. The Morgan fingerprint density at radius 3 is 2.82 bits per heavy atom. The summed E-state index contributed by atoms with van der Waals surface area (Å²) in [6.45, 7) is 1.21. The number of anilines is 1. The maximum absolute atomic E-state index is 5.39. The summed E-state index contributed by atoms with van der Waals surface area (Å²) in [5.41, 5.74) is 5.78. The zero-order chi connectivity index (χ0) is 7.68. The second-order valence-corrected chi connectivity index (χ2v) is 2.03. The fraction of sp³-hybridized carbons (Fsp3) is 0.400. The van der Waals surface area contributed by atoms with Crippen molar-refractivity contribution >= 4 is 11.7 Å². The second-order valence-electron chi connectivity index (χ2n) is 2.03. The largest absolute Gasteiger partial charge is 0.474 e. The molecule has 0 saturated carbocycles. The minimum atomic E-state index is 0.214. The number of aliphatic imine (C=N–C) groups is 1. The molecule has 2 N–H and O–H groups in total. The predicted octanol–water partition coefficient (Wildman–Crippen LogP) is -0.571. The van der Waals surface area contributed by atoms with E-state index in [1.807, 2.05) is 0 Å². The van der Waals surface area contributed by atoms with Crippen molar-refractivity contribution in [1.29, 1.82) is 0 Å². The Morgan fingerprint density at radius 1 is 1.36 bits per heavy atom. The van der Waals surface area contributed by atoms with Gasteiger partial charge in [0.25, 0.3) is 0 Å². The Balaban J connectivity index is 2.35. The van der Waals surface area contributed by atoms with Crippen molar-refractivity contribution in [2.45, 2.75) is 0 Å². The van der Waals surface area contributed by atoms with Crippen LogP contribution in [0.4, 0.5) is 5.82 Å². The molecule has 1 aliphatic rings. The highest BCUT2D eigenvalue weighted by Gasteiger charge is 2.18. The van der Waals surface area contributed by atoms with Crippen LogP contribution in [0, 0.1) is 0 Å². The maximum atomic E-state index is 5.39. The Bertz CT molecular complexity index is 292. The van der Waals surface area contributed by atoms with Gasteiger partial charge in [0.1, 0.15) is 6.61 Å². The normalized spacial score (nSPS) is 16.2. The van der Waals surface area contributed by atoms with Crippen LogP contribution in [0.15, 0.2) is 9.62 Å². The first kappa shape index (κ1) is 6.14. The van der Waals surface area contributed by atoms with Crippen LogP contribution in [0.2, 0.25) is 0 Å². The third-order valence-electron chi connectivity index (χ3n) is 1.30. The van der Waals surface area contributed by atoms with Crippen molar-refractivity contribution in [3.05, 3.63) is 5.69 Å². The molecule has 0 fully saturated rings. The molecule has 0 atom stereocenters. The van der Waals surface area contributed by atoms with Crippen LogP contribution < -0.4 is 5.73 Å². The van der Waals surface area contributed by atoms with Gasteiger partial charge in [-0.05, 0) is 10.3 Å². The lowest BCUT2D eigenvalue weighted by Gasteiger charge is -1.93. The van der Waals surface area contributed by atoms with E-state index in [0.29, 0.717) is 24.7 Å². The van der Waals surface area contributed by atoms with Crippen LogP contribution in [-0.2, 0) is 4.74 Å². The van der Waals surface area contributed by atoms with Crippen molar-refractivity contribution in [1.82, 2.24) is 10.3 Å². The van der Waals surface area contributed by atoms with Gasteiger partial charge in [-0.25, -0.2) is 9.62 Å². The van der Waals surface area contributed by atoms with Gasteiger partial charge in [0.15, 0.2) is 0 Å². The van der Waals surface area contributed by atoms with E-state index in [9.17, 15) is 0 Å². The topological polar surface area (TPSA) is 86.5 Å². The summed E-state index contributed by atoms with van der Waals surface area (Å²) in [4.78, 5) is 3.99. The smallest absolute Gasteiger partial charge is 0.243 e. The zero-order valence-corrected chi connectivity index (χ0v) is 5.65. The van der Waals surface area contributed by atoms with Gasteiger partial charge < -0.3 is 10.5 Å². The molecule has 11 heavy (non-hydrogen) atoms. The number of hydrogen-bond acceptors (Lipinski definition) is 6. The van der Waals surface area contributed by atoms with Gasteiger partial charge in [-0.1, -0.05) is 0 Å². The maximum Gasteiger partial charge on any atom is 0.243 e. The molecule has 0 amide bonds. The first-order chi connectivity index (χ1) is 5.38. The molecule has 0 aromatic carbocycles. The van der Waals surface area contributed by atoms with Gasteiger partial charge in [-0.2, -0.15) is 0 Å². The first-order valence-corrected chi connectivity index (χ1v) is 3.13. The zero-order valence-electron chi connectivity index (χ0n) is 5.65. The SMILES string of the molecule is Nc1nonc1C1=NCCO1. The molecule has 0 saturated heterocycles. The van der Waals surface area contributed by atoms with Crippen LogP contribution in [0.1, 0.15) is 5.69 Å². The van der Waals surface area contributed by atoms with Gasteiger partial charge in [0, 0.05) is 0 Å². The quantitative estimate of drug-likeness (QED) is 0.585. The lowest BCUT2D eigenvalue weighted by atomic mass is 10.4. The molecule has 1 aromatic rings. The van der Waals surface area contributed by atoms with Crippen LogP contribution in [0.25, 0.3) is 0 Å². The van der Waals surface area contributed by atoms with Gasteiger partial charge in [-0.3, -0.25) is 0 Å². The minimum Gasteiger partial charge on any atom is -0.474 e. The molecule has 0 bridgehead atoms. The third kappa shape index (κ3) is 0.917. The Morgan fingerprint density at radius 2 is 2.27 bits per heavy atom. The van der Waals surface area contributed by atoms with E-state index in [1.54, 1.807) is 0 Å². The molecule has 6 heteroatoms. The minimum absolute atomic E-state index is 0.214. The molecular formula is C5H6N4O2. The molecule has 0 radical (unpaired) electrons. The highest BCUT2D eigenvalue weighted by atomic mass is 16.6. The monoisotopic (exact) mass is 154 g/mol. The van der Waals surface area contributed by atoms with Crippen molar-refractivity contribution in [3.8, 4) is 0 Å². The number of hydrogen-bond donors (Lipinski definition) is 1. The van der Waals surface area contributed by atoms with Crippen molar-refractivity contribution in [2.24, 2.45) is 4.99 Å². The molecule has 1 aromatic heterocycles. The second kappa shape index (κ2) is 2.22. The van der Waals surface area contributed by atoms with Gasteiger partial charge in [-0.15, -0.1) is 0 Å². The lowest BCUT2D eigenvalue weighted by molar-refractivity contribution is 0.303. The Kier molecular flexibility index (Phi) is 1.24. The Labute approximate surface area is 62.0 Å². The van der Waals surface area contributed by atoms with E-state index < -0.39 is 0 Å². The summed E-state index contributed by atoms with van der Waals surface area (Å²) in [5.74, 6) is 0.634. The first-order valence-electron chi connectivity index (χ1n) is 3.13. The standard InChI is InChI=1S/C5H6N4O2/c6-4-3(8-11-9-4)5-7-1-2-10-5/h1-2H2,(H2,6,9). The number of nitrogens with zero attached hydrogens (tertiary/aromatic N) is 3. The molecule has 0 spiro atoms. The van der Waals surface area contributed by atoms with Crippen molar-refractivity contribution in [3.63, 3.8) is 0 Å². The molecule has 0 unspecified atom stereocenters. The van der Waals surface area contributed by atoms with Crippen LogP contribution in [-0.4, -0.2) is 29.4 Å². The van der Waals surface area contributed by atoms with E-state index in [0.717, 1.165) is 0 Å².